The van der Waals surface area contributed by atoms with Gasteiger partial charge in [0.05, 0.1) is 44.1 Å². The Hall–Kier alpha value is -13.3. The van der Waals surface area contributed by atoms with Gasteiger partial charge in [0.15, 0.2) is 0 Å². The molecule has 18 aromatic carbocycles. The highest BCUT2D eigenvalue weighted by molar-refractivity contribution is 9.10. The van der Waals surface area contributed by atoms with Crippen LogP contribution in [0.4, 0.5) is 0 Å². The maximum Gasteiger partial charge on any atom is 0.244 e. The first kappa shape index (κ1) is 59.3. The molecule has 0 aliphatic carbocycles. The normalized spacial score (nSPS) is 12.4. The summed E-state index contributed by atoms with van der Waals surface area (Å²) in [5, 5.41) is 20.4. The second-order valence-electron chi connectivity index (χ2n) is 28.5. The Bertz CT molecular complexity index is 7070. The molecule has 2 aliphatic rings. The molecule has 0 unspecified atom stereocenters. The Kier molecular flexibility index (Phi) is 12.8. The van der Waals surface area contributed by atoms with Crippen molar-refractivity contribution < 1.29 is 0 Å². The molecule has 2 aliphatic heterocycles. The van der Waals surface area contributed by atoms with Gasteiger partial charge in [0.25, 0.3) is 0 Å². The Morgan fingerprint density at radius 1 is 0.189 bits per heavy atom. The van der Waals surface area contributed by atoms with E-state index in [1.165, 1.54) is 203 Å². The lowest BCUT2D eigenvalue weighted by Crippen LogP contribution is -2.57. The fourth-order valence-electron chi connectivity index (χ4n) is 19.1. The predicted molar refractivity (Wildman–Crippen MR) is 454 cm³/mol. The first-order valence-corrected chi connectivity index (χ1v) is 37.4. The van der Waals surface area contributed by atoms with Crippen LogP contribution in [0.2, 0.25) is 0 Å². The Morgan fingerprint density at radius 2 is 0.443 bits per heavy atom. The molecule has 0 saturated carbocycles. The van der Waals surface area contributed by atoms with Crippen LogP contribution >= 0.6 is 15.9 Å². The van der Waals surface area contributed by atoms with Crippen LogP contribution in [-0.2, 0) is 0 Å². The highest BCUT2D eigenvalue weighted by Gasteiger charge is 2.40. The molecule has 490 valence electrons. The predicted octanol–water partition coefficient (Wildman–Crippen LogP) is 24.9. The monoisotopic (exact) mass is 1410 g/mol. The summed E-state index contributed by atoms with van der Waals surface area (Å²) in [5.74, 6) is 0. The van der Waals surface area contributed by atoms with E-state index in [9.17, 15) is 0 Å². The highest BCUT2D eigenvalue weighted by atomic mass is 79.9. The van der Waals surface area contributed by atoms with Crippen molar-refractivity contribution in [3.05, 3.63) is 368 Å². The molecular weight excluding hydrogens is 1350 g/mol. The van der Waals surface area contributed by atoms with E-state index < -0.39 is 0 Å². The van der Waals surface area contributed by atoms with Gasteiger partial charge < -0.3 is 18.3 Å². The van der Waals surface area contributed by atoms with Crippen LogP contribution in [0.15, 0.2) is 368 Å². The third kappa shape index (κ3) is 8.30. The lowest BCUT2D eigenvalue weighted by molar-refractivity contribution is 1.19. The van der Waals surface area contributed by atoms with Crippen molar-refractivity contribution in [1.29, 1.82) is 0 Å². The Morgan fingerprint density at radius 3 is 0.783 bits per heavy atom. The van der Waals surface area contributed by atoms with Crippen molar-refractivity contribution in [3.63, 3.8) is 0 Å². The van der Waals surface area contributed by atoms with E-state index in [0.29, 0.717) is 0 Å². The number of hydrogen-bond acceptors (Lipinski definition) is 0. The fraction of sp³-hybridized carbons (Fsp3) is 0. The van der Waals surface area contributed by atoms with E-state index in [4.69, 9.17) is 0 Å². The highest BCUT2D eigenvalue weighted by Crippen LogP contribution is 2.51. The molecule has 0 N–H and O–H groups in total. The summed E-state index contributed by atoms with van der Waals surface area (Å²) < 4.78 is 10.9. The first-order valence-electron chi connectivity index (χ1n) is 36.6. The summed E-state index contributed by atoms with van der Waals surface area (Å²) in [4.78, 5) is 0. The number of rotatable bonds is 6. The molecule has 22 aromatic rings. The molecule has 0 bridgehead atoms. The van der Waals surface area contributed by atoms with Crippen LogP contribution in [0.3, 0.4) is 0 Å². The van der Waals surface area contributed by atoms with Crippen molar-refractivity contribution >= 4 is 169 Å². The average molecular weight is 1410 g/mol. The molecule has 0 radical (unpaired) electrons. The largest absolute Gasteiger partial charge is 0.309 e. The van der Waals surface area contributed by atoms with Crippen molar-refractivity contribution in [1.82, 2.24) is 18.3 Å². The van der Waals surface area contributed by atoms with Gasteiger partial charge in [-0.05, 0) is 179 Å². The molecule has 0 saturated heterocycles. The van der Waals surface area contributed by atoms with Gasteiger partial charge in [-0.2, -0.15) is 0 Å². The van der Waals surface area contributed by atoms with E-state index in [0.717, 1.165) is 15.8 Å². The van der Waals surface area contributed by atoms with Gasteiger partial charge >= 0.3 is 0 Å². The SMILES string of the molecule is Brc1c(-c2cc3c4ccccc4n(-c4ccccc4)c3c3ccccc23)cccc1-c1cc2c3ccccc3n(-c3ccccc3)c2c2ccccc12.c1ccc(-n2c3ccccc3c3cc4c5c(cccc5c32)B2c3c-4cccc3-c3cc4c5ccccc5n(-c5ccccc5)c4c4cccc2c34)cc1. The van der Waals surface area contributed by atoms with E-state index >= 15 is 0 Å². The van der Waals surface area contributed by atoms with E-state index in [1.54, 1.807) is 0 Å². The Balaban J connectivity index is 0.000000129. The molecule has 0 spiro atoms. The summed E-state index contributed by atoms with van der Waals surface area (Å²) in [6.45, 7) is 0.118. The zero-order chi connectivity index (χ0) is 69.4. The molecule has 106 heavy (non-hydrogen) atoms. The summed E-state index contributed by atoms with van der Waals surface area (Å²) in [6, 6.07) is 134. The van der Waals surface area contributed by atoms with Crippen molar-refractivity contribution in [3.8, 4) is 67.3 Å². The van der Waals surface area contributed by atoms with Gasteiger partial charge in [-0.3, -0.25) is 0 Å². The number of nitrogens with zero attached hydrogens (tertiary/aromatic N) is 4. The Labute approximate surface area is 618 Å². The second-order valence-corrected chi connectivity index (χ2v) is 29.3. The minimum Gasteiger partial charge on any atom is -0.309 e. The minimum absolute atomic E-state index is 0.118. The lowest BCUT2D eigenvalue weighted by atomic mass is 9.31. The zero-order valence-corrected chi connectivity index (χ0v) is 59.0. The topological polar surface area (TPSA) is 19.7 Å². The standard InChI is InChI=1S/C50H29BN2.C50H31BrN2/c1-3-14-30(15-4-1)52-44-26-9-7-18-32(44)40-28-38-34-20-11-21-35-39-29-41-33-19-8-10-27-45(33)53(31-16-5-2-6-17-31)50(41)37-23-13-25-43(47(37)39)51(48(34)35)42-24-12-22-36(46(38)42)49(40)52;51-48-38(42-30-44-36-22-11-13-28-46(36)52(32-16-3-1-4-17-32)49(44)40-24-9-7-20-34(40)42)26-15-27-39(48)43-31-45-37-23-12-14-29-47(37)53(33-18-5-2-6-19-33)50(45)41-25-10-8-21-35(41)43/h1-29H;1-31H. The van der Waals surface area contributed by atoms with Crippen LogP contribution in [0.1, 0.15) is 0 Å². The van der Waals surface area contributed by atoms with Crippen molar-refractivity contribution in [2.75, 3.05) is 0 Å². The van der Waals surface area contributed by atoms with Gasteiger partial charge in [0, 0.05) is 91.9 Å². The minimum atomic E-state index is 0.118. The van der Waals surface area contributed by atoms with E-state index in [1.807, 2.05) is 0 Å². The molecule has 4 aromatic heterocycles. The van der Waals surface area contributed by atoms with Crippen LogP contribution in [0.5, 0.6) is 0 Å². The summed E-state index contributed by atoms with van der Waals surface area (Å²) in [7, 11) is 0. The first-order chi connectivity index (χ1) is 52.6. The maximum absolute atomic E-state index is 4.23. The lowest BCUT2D eigenvalue weighted by Gasteiger charge is -2.34. The van der Waals surface area contributed by atoms with Crippen LogP contribution in [-0.4, -0.2) is 25.0 Å². The number of benzene rings is 18. The van der Waals surface area contributed by atoms with Crippen molar-refractivity contribution in [2.45, 2.75) is 0 Å². The number of para-hydroxylation sites is 8. The van der Waals surface area contributed by atoms with Gasteiger partial charge in [0.2, 0.25) is 6.71 Å². The summed E-state index contributed by atoms with van der Waals surface area (Å²) >= 11 is 4.23. The zero-order valence-electron chi connectivity index (χ0n) is 57.4. The maximum atomic E-state index is 4.23. The second kappa shape index (κ2) is 22.9. The summed E-state index contributed by atoms with van der Waals surface area (Å²) in [5.41, 5.74) is 29.0. The van der Waals surface area contributed by atoms with Gasteiger partial charge in [-0.15, -0.1) is 0 Å². The number of halogens is 1. The van der Waals surface area contributed by atoms with Crippen LogP contribution in [0, 0.1) is 0 Å². The smallest absolute Gasteiger partial charge is 0.244 e. The average Bonchev–Trinajstić information content (AvgIpc) is 1.14. The van der Waals surface area contributed by atoms with E-state index in [2.05, 4.69) is 398 Å². The molecule has 0 amide bonds. The molecule has 24 rings (SSSR count). The number of hydrogen-bond donors (Lipinski definition) is 0. The quantitative estimate of drug-likeness (QED) is 0.148. The third-order valence-electron chi connectivity index (χ3n) is 23.2. The third-order valence-corrected chi connectivity index (χ3v) is 24.1. The molecule has 6 heteroatoms. The van der Waals surface area contributed by atoms with Crippen LogP contribution in [0.25, 0.3) is 198 Å². The molecule has 6 heterocycles. The number of aromatic nitrogens is 4. The van der Waals surface area contributed by atoms with Crippen molar-refractivity contribution in [2.24, 2.45) is 0 Å². The molecule has 0 fully saturated rings. The molecular formula is C100H60BBrN4. The summed E-state index contributed by atoms with van der Waals surface area (Å²) in [6.07, 6.45) is 0. The molecule has 0 atom stereocenters. The number of fused-ring (bicyclic) bond motifs is 22. The van der Waals surface area contributed by atoms with Gasteiger partial charge in [0.1, 0.15) is 0 Å². The van der Waals surface area contributed by atoms with Crippen LogP contribution < -0.4 is 16.4 Å². The fourth-order valence-corrected chi connectivity index (χ4v) is 19.8. The molecule has 4 nitrogen and oxygen atoms in total. The van der Waals surface area contributed by atoms with Gasteiger partial charge in [-0.1, -0.05) is 283 Å². The van der Waals surface area contributed by atoms with Gasteiger partial charge in [-0.25, -0.2) is 0 Å². The van der Waals surface area contributed by atoms with E-state index in [-0.39, 0.29) is 6.71 Å².